The third-order valence-electron chi connectivity index (χ3n) is 3.51. The molecule has 1 aliphatic rings. The Morgan fingerprint density at radius 2 is 1.86 bits per heavy atom. The van der Waals surface area contributed by atoms with Gasteiger partial charge in [-0.2, -0.15) is 0 Å². The molecular formula is C14H15Cl2N3OS. The van der Waals surface area contributed by atoms with Gasteiger partial charge in [-0.3, -0.25) is 0 Å². The maximum absolute atomic E-state index is 9.19. The molecular weight excluding hydrogens is 329 g/mol. The van der Waals surface area contributed by atoms with Gasteiger partial charge in [0.1, 0.15) is 5.15 Å². The van der Waals surface area contributed by atoms with Crippen LogP contribution in [0.2, 0.25) is 10.2 Å². The van der Waals surface area contributed by atoms with E-state index in [1.165, 1.54) is 11.3 Å². The van der Waals surface area contributed by atoms with E-state index in [0.717, 1.165) is 46.9 Å². The molecule has 0 unspecified atom stereocenters. The Balaban J connectivity index is 1.67. The lowest BCUT2D eigenvalue weighted by Crippen LogP contribution is -2.46. The first kappa shape index (κ1) is 14.9. The van der Waals surface area contributed by atoms with E-state index >= 15 is 0 Å². The van der Waals surface area contributed by atoms with Gasteiger partial charge in [0.2, 0.25) is 0 Å². The first-order valence-electron chi connectivity index (χ1n) is 6.69. The number of hydrogen-bond acceptors (Lipinski definition) is 5. The van der Waals surface area contributed by atoms with Crippen molar-refractivity contribution in [1.29, 1.82) is 0 Å². The van der Waals surface area contributed by atoms with Crippen LogP contribution in [-0.2, 0) is 6.61 Å². The smallest absolute Gasteiger partial charge is 0.187 e. The molecule has 1 aromatic heterocycles. The van der Waals surface area contributed by atoms with Crippen LogP contribution in [0, 0.1) is 0 Å². The predicted molar refractivity (Wildman–Crippen MR) is 88.9 cm³/mol. The van der Waals surface area contributed by atoms with E-state index in [1.54, 1.807) is 0 Å². The van der Waals surface area contributed by atoms with Crippen molar-refractivity contribution in [3.8, 4) is 0 Å². The van der Waals surface area contributed by atoms with Crippen LogP contribution in [0.5, 0.6) is 0 Å². The molecule has 1 aromatic carbocycles. The van der Waals surface area contributed by atoms with Gasteiger partial charge < -0.3 is 14.9 Å². The van der Waals surface area contributed by atoms with E-state index in [4.69, 9.17) is 23.2 Å². The largest absolute Gasteiger partial charge is 0.391 e. The summed E-state index contributed by atoms with van der Waals surface area (Å²) in [5, 5.41) is 11.2. The van der Waals surface area contributed by atoms with Crippen LogP contribution >= 0.6 is 34.5 Å². The van der Waals surface area contributed by atoms with Crippen LogP contribution in [0.3, 0.4) is 0 Å². The molecule has 4 nitrogen and oxygen atoms in total. The van der Waals surface area contributed by atoms with Gasteiger partial charge in [-0.15, -0.1) is 0 Å². The van der Waals surface area contributed by atoms with Gasteiger partial charge in [-0.1, -0.05) is 40.6 Å². The molecule has 0 atom stereocenters. The van der Waals surface area contributed by atoms with Crippen molar-refractivity contribution >= 4 is 45.4 Å². The molecule has 1 aliphatic heterocycles. The fourth-order valence-corrected chi connectivity index (χ4v) is 3.74. The Hall–Kier alpha value is -1.01. The molecule has 1 N–H and O–H groups in total. The minimum Gasteiger partial charge on any atom is -0.391 e. The van der Waals surface area contributed by atoms with Gasteiger partial charge in [0.25, 0.3) is 0 Å². The zero-order valence-electron chi connectivity index (χ0n) is 11.3. The standard InChI is InChI=1S/C14H15Cl2N3OS/c15-10-2-1-3-11(8-10)18-4-6-19(7-5-18)14-17-13(16)12(9-20)21-14/h1-3,8,20H,4-7,9H2. The van der Waals surface area contributed by atoms with Crippen LogP contribution < -0.4 is 9.80 Å². The summed E-state index contributed by atoms with van der Waals surface area (Å²) in [6.45, 7) is 3.51. The third-order valence-corrected chi connectivity index (χ3v) is 5.27. The van der Waals surface area contributed by atoms with E-state index in [2.05, 4.69) is 20.9 Å². The molecule has 0 spiro atoms. The summed E-state index contributed by atoms with van der Waals surface area (Å²) >= 11 is 13.5. The first-order chi connectivity index (χ1) is 10.2. The second-order valence-electron chi connectivity index (χ2n) is 4.82. The lowest BCUT2D eigenvalue weighted by atomic mass is 10.2. The number of benzene rings is 1. The topological polar surface area (TPSA) is 39.6 Å². The number of piperazine rings is 1. The number of aliphatic hydroxyl groups is 1. The zero-order valence-corrected chi connectivity index (χ0v) is 13.6. The number of aliphatic hydroxyl groups excluding tert-OH is 1. The van der Waals surface area contributed by atoms with E-state index < -0.39 is 0 Å². The van der Waals surface area contributed by atoms with Crippen LogP contribution in [0.1, 0.15) is 4.88 Å². The summed E-state index contributed by atoms with van der Waals surface area (Å²) in [4.78, 5) is 9.57. The third kappa shape index (κ3) is 3.26. The molecule has 0 radical (unpaired) electrons. The summed E-state index contributed by atoms with van der Waals surface area (Å²) in [7, 11) is 0. The van der Waals surface area contributed by atoms with Gasteiger partial charge in [0.05, 0.1) is 11.5 Å². The lowest BCUT2D eigenvalue weighted by Gasteiger charge is -2.36. The van der Waals surface area contributed by atoms with Crippen molar-refractivity contribution in [2.75, 3.05) is 36.0 Å². The van der Waals surface area contributed by atoms with Crippen LogP contribution in [0.25, 0.3) is 0 Å². The number of hydrogen-bond donors (Lipinski definition) is 1. The highest BCUT2D eigenvalue weighted by Gasteiger charge is 2.21. The Morgan fingerprint density at radius 3 is 2.48 bits per heavy atom. The van der Waals surface area contributed by atoms with E-state index in [0.29, 0.717) is 5.15 Å². The molecule has 3 rings (SSSR count). The van der Waals surface area contributed by atoms with Gasteiger partial charge in [0.15, 0.2) is 5.13 Å². The Bertz CT molecular complexity index is 626. The van der Waals surface area contributed by atoms with Crippen molar-refractivity contribution in [3.63, 3.8) is 0 Å². The maximum atomic E-state index is 9.19. The van der Waals surface area contributed by atoms with Crippen molar-refractivity contribution in [1.82, 2.24) is 4.98 Å². The molecule has 7 heteroatoms. The minimum absolute atomic E-state index is 0.0566. The van der Waals surface area contributed by atoms with Crippen LogP contribution in [0.15, 0.2) is 24.3 Å². The molecule has 1 saturated heterocycles. The molecule has 2 heterocycles. The number of halogens is 2. The summed E-state index contributed by atoms with van der Waals surface area (Å²) in [5.41, 5.74) is 1.15. The van der Waals surface area contributed by atoms with Crippen molar-refractivity contribution in [2.45, 2.75) is 6.61 Å². The summed E-state index contributed by atoms with van der Waals surface area (Å²) in [6, 6.07) is 7.92. The Morgan fingerprint density at radius 1 is 1.14 bits per heavy atom. The Labute approximate surface area is 137 Å². The second-order valence-corrected chi connectivity index (χ2v) is 6.68. The average molecular weight is 344 g/mol. The van der Waals surface area contributed by atoms with E-state index in [9.17, 15) is 5.11 Å². The summed E-state index contributed by atoms with van der Waals surface area (Å²) in [6.07, 6.45) is 0. The van der Waals surface area contributed by atoms with Gasteiger partial charge in [-0.25, -0.2) is 4.98 Å². The molecule has 21 heavy (non-hydrogen) atoms. The van der Waals surface area contributed by atoms with Crippen LogP contribution in [-0.4, -0.2) is 36.3 Å². The normalized spacial score (nSPS) is 15.6. The molecule has 0 aliphatic carbocycles. The van der Waals surface area contributed by atoms with E-state index in [-0.39, 0.29) is 6.61 Å². The monoisotopic (exact) mass is 343 g/mol. The quantitative estimate of drug-likeness (QED) is 0.928. The van der Waals surface area contributed by atoms with E-state index in [1.807, 2.05) is 18.2 Å². The number of rotatable bonds is 3. The highest BCUT2D eigenvalue weighted by molar-refractivity contribution is 7.16. The highest BCUT2D eigenvalue weighted by atomic mass is 35.5. The average Bonchev–Trinajstić information content (AvgIpc) is 2.88. The molecule has 112 valence electrons. The van der Waals surface area contributed by atoms with Crippen molar-refractivity contribution in [2.24, 2.45) is 0 Å². The molecule has 0 amide bonds. The first-order valence-corrected chi connectivity index (χ1v) is 8.26. The van der Waals surface area contributed by atoms with Gasteiger partial charge in [0, 0.05) is 36.9 Å². The zero-order chi connectivity index (χ0) is 14.8. The fraction of sp³-hybridized carbons (Fsp3) is 0.357. The summed E-state index contributed by atoms with van der Waals surface area (Å²) in [5.74, 6) is 0. The van der Waals surface area contributed by atoms with Crippen LogP contribution in [0.4, 0.5) is 10.8 Å². The number of nitrogens with zero attached hydrogens (tertiary/aromatic N) is 3. The number of anilines is 2. The number of thiazole rings is 1. The second kappa shape index (κ2) is 6.40. The summed E-state index contributed by atoms with van der Waals surface area (Å²) < 4.78 is 0. The molecule has 1 fully saturated rings. The molecule has 0 bridgehead atoms. The Kier molecular flexibility index (Phi) is 4.54. The van der Waals surface area contributed by atoms with Crippen molar-refractivity contribution in [3.05, 3.63) is 39.3 Å². The maximum Gasteiger partial charge on any atom is 0.187 e. The fourth-order valence-electron chi connectivity index (χ4n) is 2.38. The minimum atomic E-state index is -0.0566. The molecule has 0 saturated carbocycles. The highest BCUT2D eigenvalue weighted by Crippen LogP contribution is 2.31. The number of aromatic nitrogens is 1. The van der Waals surface area contributed by atoms with Gasteiger partial charge in [-0.05, 0) is 18.2 Å². The van der Waals surface area contributed by atoms with Crippen molar-refractivity contribution < 1.29 is 5.11 Å². The predicted octanol–water partition coefficient (Wildman–Crippen LogP) is 3.27. The lowest BCUT2D eigenvalue weighted by molar-refractivity contribution is 0.285. The van der Waals surface area contributed by atoms with Gasteiger partial charge >= 0.3 is 0 Å². The SMILES string of the molecule is OCc1sc(N2CCN(c3cccc(Cl)c3)CC2)nc1Cl. The molecule has 2 aromatic rings.